The molecule has 3 nitrogen and oxygen atoms in total. The highest BCUT2D eigenvalue weighted by Crippen LogP contribution is 2.39. The number of benzene rings is 1. The highest BCUT2D eigenvalue weighted by atomic mass is 35.5. The first-order valence-corrected chi connectivity index (χ1v) is 4.37. The molecule has 1 aromatic carbocycles. The van der Waals surface area contributed by atoms with E-state index in [4.69, 9.17) is 21.8 Å². The zero-order chi connectivity index (χ0) is 10.9. The molecule has 1 rings (SSSR count). The summed E-state index contributed by atoms with van der Waals surface area (Å²) in [5, 5.41) is 27.0. The lowest BCUT2D eigenvalue weighted by Crippen LogP contribution is -2.03. The van der Waals surface area contributed by atoms with E-state index in [1.165, 1.54) is 6.92 Å². The minimum absolute atomic E-state index is 0.169. The molecule has 1 unspecified atom stereocenters. The molecule has 0 aliphatic rings. The number of phenols is 2. The van der Waals surface area contributed by atoms with Gasteiger partial charge in [-0.15, -0.1) is 0 Å². The molecule has 0 spiro atoms. The number of hydrogen-bond donors (Lipinski definition) is 3. The SMILES string of the molecule is CC(CO)c1c(O)c(O)cc(Cl)c1F. The first-order chi connectivity index (χ1) is 6.49. The van der Waals surface area contributed by atoms with Gasteiger partial charge in [0.15, 0.2) is 11.5 Å². The molecule has 3 N–H and O–H groups in total. The van der Waals surface area contributed by atoms with Gasteiger partial charge in [-0.3, -0.25) is 0 Å². The van der Waals surface area contributed by atoms with Gasteiger partial charge in [-0.05, 0) is 0 Å². The Bertz CT molecular complexity index is 328. The molecule has 1 aromatic rings. The summed E-state index contributed by atoms with van der Waals surface area (Å²) in [6, 6.07) is 0.916. The third-order valence-corrected chi connectivity index (χ3v) is 2.25. The van der Waals surface area contributed by atoms with Crippen molar-refractivity contribution in [2.45, 2.75) is 12.8 Å². The molecule has 0 fully saturated rings. The van der Waals surface area contributed by atoms with Gasteiger partial charge in [0.05, 0.1) is 5.02 Å². The number of aliphatic hydroxyl groups is 1. The largest absolute Gasteiger partial charge is 0.504 e. The van der Waals surface area contributed by atoms with Crippen molar-refractivity contribution in [2.24, 2.45) is 0 Å². The van der Waals surface area contributed by atoms with Crippen LogP contribution in [0.3, 0.4) is 0 Å². The van der Waals surface area contributed by atoms with Crippen LogP contribution in [0.15, 0.2) is 6.07 Å². The monoisotopic (exact) mass is 220 g/mol. The van der Waals surface area contributed by atoms with E-state index in [1.54, 1.807) is 0 Å². The van der Waals surface area contributed by atoms with Crippen LogP contribution in [0.25, 0.3) is 0 Å². The summed E-state index contributed by atoms with van der Waals surface area (Å²) in [6.07, 6.45) is 0. The van der Waals surface area contributed by atoms with E-state index in [2.05, 4.69) is 0 Å². The van der Waals surface area contributed by atoms with E-state index < -0.39 is 23.2 Å². The predicted molar refractivity (Wildman–Crippen MR) is 50.2 cm³/mol. The lowest BCUT2D eigenvalue weighted by Gasteiger charge is -2.13. The molecule has 0 saturated heterocycles. The summed E-state index contributed by atoms with van der Waals surface area (Å²) in [7, 11) is 0. The smallest absolute Gasteiger partial charge is 0.164 e. The van der Waals surface area contributed by atoms with E-state index in [0.29, 0.717) is 0 Å². The summed E-state index contributed by atoms with van der Waals surface area (Å²) in [4.78, 5) is 0. The molecule has 78 valence electrons. The lowest BCUT2D eigenvalue weighted by molar-refractivity contribution is 0.266. The van der Waals surface area contributed by atoms with Gasteiger partial charge in [-0.1, -0.05) is 18.5 Å². The third-order valence-electron chi connectivity index (χ3n) is 1.97. The van der Waals surface area contributed by atoms with Crippen molar-refractivity contribution >= 4 is 11.6 Å². The maximum absolute atomic E-state index is 13.4. The number of halogens is 2. The number of aliphatic hydroxyl groups excluding tert-OH is 1. The van der Waals surface area contributed by atoms with Gasteiger partial charge in [0.25, 0.3) is 0 Å². The third kappa shape index (κ3) is 1.76. The first kappa shape index (κ1) is 11.1. The molecule has 0 amide bonds. The molecular weight excluding hydrogens is 211 g/mol. The molecule has 0 aliphatic carbocycles. The Morgan fingerprint density at radius 3 is 2.57 bits per heavy atom. The fourth-order valence-corrected chi connectivity index (χ4v) is 1.37. The van der Waals surface area contributed by atoms with Crippen molar-refractivity contribution in [1.29, 1.82) is 0 Å². The van der Waals surface area contributed by atoms with Crippen LogP contribution < -0.4 is 0 Å². The summed E-state index contributed by atoms with van der Waals surface area (Å²) >= 11 is 5.46. The maximum atomic E-state index is 13.4. The Hall–Kier alpha value is -1.00. The van der Waals surface area contributed by atoms with Crippen LogP contribution in [-0.2, 0) is 0 Å². The molecule has 0 aromatic heterocycles. The van der Waals surface area contributed by atoms with Crippen molar-refractivity contribution in [3.05, 3.63) is 22.5 Å². The average molecular weight is 221 g/mol. The van der Waals surface area contributed by atoms with Crippen LogP contribution in [-0.4, -0.2) is 21.9 Å². The second kappa shape index (κ2) is 4.02. The maximum Gasteiger partial charge on any atom is 0.164 e. The average Bonchev–Trinajstić information content (AvgIpc) is 2.15. The van der Waals surface area contributed by atoms with Gasteiger partial charge in [0.1, 0.15) is 5.82 Å². The van der Waals surface area contributed by atoms with E-state index in [1.807, 2.05) is 0 Å². The fraction of sp³-hybridized carbons (Fsp3) is 0.333. The molecule has 0 bridgehead atoms. The van der Waals surface area contributed by atoms with Gasteiger partial charge in [0, 0.05) is 24.2 Å². The molecule has 0 aliphatic heterocycles. The van der Waals surface area contributed by atoms with Gasteiger partial charge < -0.3 is 15.3 Å². The quantitative estimate of drug-likeness (QED) is 0.668. The van der Waals surface area contributed by atoms with Crippen molar-refractivity contribution in [2.75, 3.05) is 6.61 Å². The normalized spacial score (nSPS) is 12.9. The van der Waals surface area contributed by atoms with Gasteiger partial charge >= 0.3 is 0 Å². The van der Waals surface area contributed by atoms with E-state index >= 15 is 0 Å². The zero-order valence-corrected chi connectivity index (χ0v) is 8.22. The summed E-state index contributed by atoms with van der Waals surface area (Å²) in [6.45, 7) is 1.16. The standard InChI is InChI=1S/C9H10ClFO3/c1-4(3-12)7-8(11)5(10)2-6(13)9(7)14/h2,4,12-14H,3H2,1H3. The van der Waals surface area contributed by atoms with Gasteiger partial charge in [-0.25, -0.2) is 4.39 Å². The molecule has 5 heteroatoms. The molecule has 0 heterocycles. The first-order valence-electron chi connectivity index (χ1n) is 3.99. The topological polar surface area (TPSA) is 60.7 Å². The van der Waals surface area contributed by atoms with Gasteiger partial charge in [-0.2, -0.15) is 0 Å². The zero-order valence-electron chi connectivity index (χ0n) is 7.46. The van der Waals surface area contributed by atoms with Crippen LogP contribution >= 0.6 is 11.6 Å². The molecule has 0 radical (unpaired) electrons. The second-order valence-corrected chi connectivity index (χ2v) is 3.44. The van der Waals surface area contributed by atoms with Crippen molar-refractivity contribution < 1.29 is 19.7 Å². The van der Waals surface area contributed by atoms with Crippen LogP contribution in [0.2, 0.25) is 5.02 Å². The van der Waals surface area contributed by atoms with E-state index in [-0.39, 0.29) is 17.2 Å². The second-order valence-electron chi connectivity index (χ2n) is 3.04. The van der Waals surface area contributed by atoms with Crippen molar-refractivity contribution in [3.8, 4) is 11.5 Å². The Balaban J connectivity index is 3.39. The summed E-state index contributed by atoms with van der Waals surface area (Å²) < 4.78 is 13.4. The minimum atomic E-state index is -0.816. The van der Waals surface area contributed by atoms with Crippen LogP contribution in [0, 0.1) is 5.82 Å². The predicted octanol–water partition coefficient (Wildman–Crippen LogP) is 1.99. The van der Waals surface area contributed by atoms with E-state index in [0.717, 1.165) is 6.07 Å². The molecule has 0 saturated carbocycles. The Morgan fingerprint density at radius 2 is 2.07 bits per heavy atom. The molecule has 1 atom stereocenters. The lowest BCUT2D eigenvalue weighted by atomic mass is 10.00. The number of hydrogen-bond acceptors (Lipinski definition) is 3. The number of phenolic OH excluding ortho intramolecular Hbond substituents is 2. The van der Waals surface area contributed by atoms with Crippen molar-refractivity contribution in [3.63, 3.8) is 0 Å². The molecular formula is C9H10ClFO3. The Kier molecular flexibility index (Phi) is 3.18. The highest BCUT2D eigenvalue weighted by Gasteiger charge is 2.21. The number of rotatable bonds is 2. The van der Waals surface area contributed by atoms with Crippen molar-refractivity contribution in [1.82, 2.24) is 0 Å². The van der Waals surface area contributed by atoms with Crippen LogP contribution in [0.1, 0.15) is 18.4 Å². The Labute approximate surface area is 85.4 Å². The minimum Gasteiger partial charge on any atom is -0.504 e. The van der Waals surface area contributed by atoms with Crippen LogP contribution in [0.4, 0.5) is 4.39 Å². The summed E-state index contributed by atoms with van der Waals surface area (Å²) in [5.41, 5.74) is -0.169. The number of aromatic hydroxyl groups is 2. The van der Waals surface area contributed by atoms with Gasteiger partial charge in [0.2, 0.25) is 0 Å². The fourth-order valence-electron chi connectivity index (χ4n) is 1.16. The highest BCUT2D eigenvalue weighted by molar-refractivity contribution is 6.31. The van der Waals surface area contributed by atoms with Crippen LogP contribution in [0.5, 0.6) is 11.5 Å². The Morgan fingerprint density at radius 1 is 1.50 bits per heavy atom. The molecule has 14 heavy (non-hydrogen) atoms. The summed E-state index contributed by atoms with van der Waals surface area (Å²) in [5.74, 6) is -2.51. The van der Waals surface area contributed by atoms with E-state index in [9.17, 15) is 9.50 Å².